The molecule has 0 bridgehead atoms. The summed E-state index contributed by atoms with van der Waals surface area (Å²) in [6, 6.07) is 27.3. The van der Waals surface area contributed by atoms with Crippen molar-refractivity contribution in [1.82, 2.24) is 4.67 Å². The molecule has 4 aromatic rings. The van der Waals surface area contributed by atoms with Gasteiger partial charge in [0.15, 0.2) is 0 Å². The van der Waals surface area contributed by atoms with Gasteiger partial charge in [-0.3, -0.25) is 0 Å². The minimum Gasteiger partial charge on any atom is -0.404 e. The third-order valence-electron chi connectivity index (χ3n) is 5.27. The second-order valence-electron chi connectivity index (χ2n) is 8.17. The van der Waals surface area contributed by atoms with Crippen LogP contribution in [0.2, 0.25) is 0 Å². The lowest BCUT2D eigenvalue weighted by molar-refractivity contribution is 0.224. The Morgan fingerprint density at radius 1 is 0.613 bits per heavy atom. The molecule has 0 unspecified atom stereocenters. The highest BCUT2D eigenvalue weighted by molar-refractivity contribution is 7.52. The number of benzene rings is 4. The molecular weight excluding hydrogens is 405 g/mol. The van der Waals surface area contributed by atoms with Gasteiger partial charge in [0.25, 0.3) is 0 Å². The smallest absolute Gasteiger partial charge is 0.404 e. The molecule has 4 aromatic carbocycles. The molecule has 0 heterocycles. The molecule has 0 aliphatic heterocycles. The van der Waals surface area contributed by atoms with Gasteiger partial charge in [0.05, 0.1) is 0 Å². The molecule has 5 heteroatoms. The molecule has 0 radical (unpaired) electrons. The van der Waals surface area contributed by atoms with Gasteiger partial charge in [0, 0.05) is 22.9 Å². The predicted octanol–water partition coefficient (Wildman–Crippen LogP) is 7.68. The van der Waals surface area contributed by atoms with Crippen LogP contribution in [0.1, 0.15) is 27.7 Å². The second kappa shape index (κ2) is 8.74. The number of fused-ring (bicyclic) bond motifs is 2. The minimum absolute atomic E-state index is 0.0456. The van der Waals surface area contributed by atoms with E-state index < -0.39 is 7.75 Å². The molecular formula is C26H28NO3P. The van der Waals surface area contributed by atoms with Gasteiger partial charge in [0.2, 0.25) is 0 Å². The number of nitrogens with zero attached hydrogens (tertiary/aromatic N) is 1. The average Bonchev–Trinajstić information content (AvgIpc) is 2.73. The highest BCUT2D eigenvalue weighted by Crippen LogP contribution is 2.55. The zero-order chi connectivity index (χ0) is 22.0. The lowest BCUT2D eigenvalue weighted by atomic mass is 10.1. The van der Waals surface area contributed by atoms with Crippen LogP contribution in [0, 0.1) is 0 Å². The van der Waals surface area contributed by atoms with E-state index in [1.807, 2.05) is 117 Å². The van der Waals surface area contributed by atoms with E-state index in [0.717, 1.165) is 21.5 Å². The third kappa shape index (κ3) is 4.32. The highest BCUT2D eigenvalue weighted by Gasteiger charge is 2.41. The molecule has 0 aromatic heterocycles. The summed E-state index contributed by atoms with van der Waals surface area (Å²) in [7, 11) is -3.76. The van der Waals surface area contributed by atoms with Crippen LogP contribution in [0.25, 0.3) is 21.5 Å². The van der Waals surface area contributed by atoms with Gasteiger partial charge in [-0.2, -0.15) is 4.67 Å². The summed E-state index contributed by atoms with van der Waals surface area (Å²) in [5.74, 6) is 1.10. The maximum absolute atomic E-state index is 14.5. The molecule has 0 spiro atoms. The van der Waals surface area contributed by atoms with Gasteiger partial charge in [-0.1, -0.05) is 72.8 Å². The average molecular weight is 433 g/mol. The molecule has 4 rings (SSSR count). The maximum atomic E-state index is 14.5. The largest absolute Gasteiger partial charge is 0.516 e. The molecule has 4 nitrogen and oxygen atoms in total. The number of hydrogen-bond acceptors (Lipinski definition) is 3. The monoisotopic (exact) mass is 433 g/mol. The summed E-state index contributed by atoms with van der Waals surface area (Å²) in [5, 5.41) is 3.85. The van der Waals surface area contributed by atoms with Crippen molar-refractivity contribution in [3.05, 3.63) is 84.9 Å². The molecule has 0 aliphatic carbocycles. The van der Waals surface area contributed by atoms with Crippen molar-refractivity contribution in [2.75, 3.05) is 0 Å². The van der Waals surface area contributed by atoms with Crippen molar-refractivity contribution >= 4 is 29.3 Å². The van der Waals surface area contributed by atoms with E-state index in [2.05, 4.69) is 0 Å². The summed E-state index contributed by atoms with van der Waals surface area (Å²) in [5.41, 5.74) is 0. The van der Waals surface area contributed by atoms with E-state index in [1.165, 1.54) is 0 Å². The maximum Gasteiger partial charge on any atom is 0.516 e. The molecule has 0 N–H and O–H groups in total. The fourth-order valence-corrected chi connectivity index (χ4v) is 6.25. The Morgan fingerprint density at radius 3 is 1.42 bits per heavy atom. The molecule has 160 valence electrons. The van der Waals surface area contributed by atoms with Gasteiger partial charge < -0.3 is 9.05 Å². The van der Waals surface area contributed by atoms with Crippen LogP contribution in [0.3, 0.4) is 0 Å². The van der Waals surface area contributed by atoms with Gasteiger partial charge in [0.1, 0.15) is 11.5 Å². The van der Waals surface area contributed by atoms with Crippen LogP contribution < -0.4 is 9.05 Å². The summed E-state index contributed by atoms with van der Waals surface area (Å²) in [4.78, 5) is 0. The molecule has 0 aliphatic rings. The van der Waals surface area contributed by atoms with Crippen molar-refractivity contribution in [2.45, 2.75) is 39.8 Å². The predicted molar refractivity (Wildman–Crippen MR) is 129 cm³/mol. The van der Waals surface area contributed by atoms with Crippen LogP contribution in [-0.4, -0.2) is 16.8 Å². The standard InChI is InChI=1S/C26H28NO3P/c1-19(2)27(20(3)4)31(28,29-25-17-9-13-21-11-5-7-15-23(21)25)30-26-18-10-14-22-12-6-8-16-24(22)26/h5-20H,1-4H3. The summed E-state index contributed by atoms with van der Waals surface area (Å²) in [6.07, 6.45) is 0. The van der Waals surface area contributed by atoms with E-state index in [4.69, 9.17) is 9.05 Å². The van der Waals surface area contributed by atoms with Crippen molar-refractivity contribution in [3.63, 3.8) is 0 Å². The van der Waals surface area contributed by atoms with Crippen LogP contribution >= 0.6 is 7.75 Å². The van der Waals surface area contributed by atoms with Gasteiger partial charge in [-0.25, -0.2) is 4.57 Å². The number of hydrogen-bond donors (Lipinski definition) is 0. The van der Waals surface area contributed by atoms with Gasteiger partial charge in [-0.15, -0.1) is 0 Å². The Bertz CT molecular complexity index is 1150. The van der Waals surface area contributed by atoms with E-state index >= 15 is 0 Å². The van der Waals surface area contributed by atoms with Gasteiger partial charge >= 0.3 is 7.75 Å². The Kier molecular flexibility index (Phi) is 6.04. The van der Waals surface area contributed by atoms with E-state index in [0.29, 0.717) is 11.5 Å². The fourth-order valence-electron chi connectivity index (χ4n) is 4.07. The number of rotatable bonds is 7. The first-order valence-electron chi connectivity index (χ1n) is 10.6. The second-order valence-corrected chi connectivity index (χ2v) is 9.94. The lowest BCUT2D eigenvalue weighted by Crippen LogP contribution is -2.37. The zero-order valence-electron chi connectivity index (χ0n) is 18.4. The molecule has 0 atom stereocenters. The normalized spacial score (nSPS) is 12.2. The van der Waals surface area contributed by atoms with Crippen LogP contribution in [0.4, 0.5) is 0 Å². The lowest BCUT2D eigenvalue weighted by Gasteiger charge is -2.35. The summed E-state index contributed by atoms with van der Waals surface area (Å²) >= 11 is 0. The molecule has 0 fully saturated rings. The summed E-state index contributed by atoms with van der Waals surface area (Å²) < 4.78 is 29.0. The first-order chi connectivity index (χ1) is 14.9. The molecule has 31 heavy (non-hydrogen) atoms. The Balaban J connectivity index is 1.84. The van der Waals surface area contributed by atoms with E-state index in [1.54, 1.807) is 0 Å². The van der Waals surface area contributed by atoms with Crippen LogP contribution in [0.15, 0.2) is 84.9 Å². The Hall–Kier alpha value is -2.81. The third-order valence-corrected chi connectivity index (χ3v) is 7.61. The molecule has 0 saturated heterocycles. The quantitative estimate of drug-likeness (QED) is 0.280. The van der Waals surface area contributed by atoms with Crippen molar-refractivity contribution < 1.29 is 13.6 Å². The van der Waals surface area contributed by atoms with E-state index in [-0.39, 0.29) is 12.1 Å². The topological polar surface area (TPSA) is 38.8 Å². The Labute approximate surface area is 184 Å². The van der Waals surface area contributed by atoms with E-state index in [9.17, 15) is 4.57 Å². The van der Waals surface area contributed by atoms with Crippen LogP contribution in [0.5, 0.6) is 11.5 Å². The SMILES string of the molecule is CC(C)N(C(C)C)P(=O)(Oc1cccc2ccccc12)Oc1cccc2ccccc12. The first-order valence-corrected chi connectivity index (χ1v) is 12.1. The highest BCUT2D eigenvalue weighted by atomic mass is 31.2. The molecule has 0 saturated carbocycles. The minimum atomic E-state index is -3.76. The Morgan fingerprint density at radius 2 is 1.00 bits per heavy atom. The van der Waals surface area contributed by atoms with Gasteiger partial charge in [-0.05, 0) is 50.6 Å². The van der Waals surface area contributed by atoms with Crippen molar-refractivity contribution in [1.29, 1.82) is 0 Å². The van der Waals surface area contributed by atoms with Crippen molar-refractivity contribution in [3.8, 4) is 11.5 Å². The fraction of sp³-hybridized carbons (Fsp3) is 0.231. The van der Waals surface area contributed by atoms with Crippen LogP contribution in [-0.2, 0) is 4.57 Å². The first kappa shape index (κ1) is 21.4. The summed E-state index contributed by atoms with van der Waals surface area (Å²) in [6.45, 7) is 8.02. The van der Waals surface area contributed by atoms with Crippen molar-refractivity contribution in [2.24, 2.45) is 0 Å². The molecule has 0 amide bonds. The zero-order valence-corrected chi connectivity index (χ0v) is 19.3.